The smallest absolute Gasteiger partial charge is 0.336 e. The van der Waals surface area contributed by atoms with Crippen LogP contribution in [-0.4, -0.2) is 18.9 Å². The van der Waals surface area contributed by atoms with Crippen LogP contribution in [0.2, 0.25) is 0 Å². The van der Waals surface area contributed by atoms with Crippen molar-refractivity contribution in [1.29, 1.82) is 0 Å². The van der Waals surface area contributed by atoms with Gasteiger partial charge in [-0.1, -0.05) is 0 Å². The van der Waals surface area contributed by atoms with Crippen molar-refractivity contribution in [2.75, 3.05) is 7.11 Å². The van der Waals surface area contributed by atoms with Crippen molar-refractivity contribution < 1.29 is 13.9 Å². The van der Waals surface area contributed by atoms with E-state index in [0.29, 0.717) is 23.3 Å². The molecule has 100 valence electrons. The van der Waals surface area contributed by atoms with Crippen LogP contribution in [0.5, 0.6) is 5.75 Å². The molecule has 1 heterocycles. The molecular formula is C14H15NO4. The number of ketones is 1. The quantitative estimate of drug-likeness (QED) is 0.838. The molecule has 5 heteroatoms. The summed E-state index contributed by atoms with van der Waals surface area (Å²) < 4.78 is 10.2. The minimum absolute atomic E-state index is 0.116. The molecule has 0 aliphatic rings. The summed E-state index contributed by atoms with van der Waals surface area (Å²) in [7, 11) is 1.54. The molecule has 1 aromatic heterocycles. The van der Waals surface area contributed by atoms with Crippen molar-refractivity contribution in [2.45, 2.75) is 19.4 Å². The van der Waals surface area contributed by atoms with Crippen LogP contribution in [0.25, 0.3) is 11.0 Å². The monoisotopic (exact) mass is 261 g/mol. The van der Waals surface area contributed by atoms with Crippen LogP contribution in [0.4, 0.5) is 0 Å². The predicted molar refractivity (Wildman–Crippen MR) is 71.4 cm³/mol. The molecule has 5 nitrogen and oxygen atoms in total. The van der Waals surface area contributed by atoms with Crippen LogP contribution >= 0.6 is 0 Å². The van der Waals surface area contributed by atoms with E-state index in [1.165, 1.54) is 20.1 Å². The highest BCUT2D eigenvalue weighted by molar-refractivity contribution is 5.85. The fraction of sp³-hybridized carbons (Fsp3) is 0.286. The molecule has 0 aliphatic heterocycles. The molecule has 0 bridgehead atoms. The van der Waals surface area contributed by atoms with Crippen molar-refractivity contribution in [3.63, 3.8) is 0 Å². The highest BCUT2D eigenvalue weighted by atomic mass is 16.5. The lowest BCUT2D eigenvalue weighted by molar-refractivity contribution is -0.118. The number of ether oxygens (including phenoxy) is 1. The van der Waals surface area contributed by atoms with Gasteiger partial charge in [-0.2, -0.15) is 0 Å². The molecule has 0 saturated carbocycles. The lowest BCUT2D eigenvalue weighted by Gasteiger charge is -2.10. The van der Waals surface area contributed by atoms with Crippen molar-refractivity contribution >= 4 is 16.8 Å². The summed E-state index contributed by atoms with van der Waals surface area (Å²) in [6.07, 6.45) is 0.309. The third-order valence-electron chi connectivity index (χ3n) is 3.00. The Kier molecular flexibility index (Phi) is 3.66. The van der Waals surface area contributed by atoms with E-state index in [-0.39, 0.29) is 5.78 Å². The lowest BCUT2D eigenvalue weighted by Crippen LogP contribution is -2.30. The van der Waals surface area contributed by atoms with E-state index in [4.69, 9.17) is 14.9 Å². The van der Waals surface area contributed by atoms with Crippen molar-refractivity contribution in [1.82, 2.24) is 0 Å². The SMILES string of the molecule is COc1ccc2c(CC(N)C(C)=O)cc(=O)oc2c1. The lowest BCUT2D eigenvalue weighted by atomic mass is 10.0. The first-order valence-corrected chi connectivity index (χ1v) is 5.88. The fourth-order valence-corrected chi connectivity index (χ4v) is 1.89. The normalized spacial score (nSPS) is 12.4. The maximum Gasteiger partial charge on any atom is 0.336 e. The molecule has 2 aromatic rings. The van der Waals surface area contributed by atoms with E-state index < -0.39 is 11.7 Å². The second-order valence-corrected chi connectivity index (χ2v) is 4.37. The van der Waals surface area contributed by atoms with Crippen molar-refractivity contribution in [2.24, 2.45) is 5.73 Å². The maximum atomic E-state index is 11.5. The molecule has 1 aromatic carbocycles. The van der Waals surface area contributed by atoms with Gasteiger partial charge in [-0.25, -0.2) is 4.79 Å². The summed E-state index contributed by atoms with van der Waals surface area (Å²) in [4.78, 5) is 22.7. The number of carbonyl (C=O) groups is 1. The molecule has 19 heavy (non-hydrogen) atoms. The molecule has 1 atom stereocenters. The first-order chi connectivity index (χ1) is 9.01. The highest BCUT2D eigenvalue weighted by Crippen LogP contribution is 2.23. The first-order valence-electron chi connectivity index (χ1n) is 5.88. The zero-order valence-electron chi connectivity index (χ0n) is 10.8. The van der Waals surface area contributed by atoms with Crippen LogP contribution < -0.4 is 16.1 Å². The average molecular weight is 261 g/mol. The summed E-state index contributed by atoms with van der Waals surface area (Å²) in [5.74, 6) is 0.485. The topological polar surface area (TPSA) is 82.5 Å². The van der Waals surface area contributed by atoms with Gasteiger partial charge in [0, 0.05) is 17.5 Å². The molecule has 0 radical (unpaired) electrons. The van der Waals surface area contributed by atoms with Gasteiger partial charge in [-0.05, 0) is 31.0 Å². The van der Waals surface area contributed by atoms with Gasteiger partial charge in [-0.3, -0.25) is 4.79 Å². The molecule has 0 spiro atoms. The molecule has 1 unspecified atom stereocenters. The Morgan fingerprint density at radius 1 is 1.42 bits per heavy atom. The molecular weight excluding hydrogens is 246 g/mol. The highest BCUT2D eigenvalue weighted by Gasteiger charge is 2.13. The Morgan fingerprint density at radius 3 is 2.79 bits per heavy atom. The second kappa shape index (κ2) is 5.24. The molecule has 0 saturated heterocycles. The summed E-state index contributed by atoms with van der Waals surface area (Å²) in [5, 5.41) is 0.761. The standard InChI is InChI=1S/C14H15NO4/c1-8(16)12(15)5-9-6-14(17)19-13-7-10(18-2)3-4-11(9)13/h3-4,6-7,12H,5,15H2,1-2H3. The Balaban J connectivity index is 2.54. The summed E-state index contributed by atoms with van der Waals surface area (Å²) in [5.41, 5.74) is 6.41. The van der Waals surface area contributed by atoms with Crippen LogP contribution in [-0.2, 0) is 11.2 Å². The summed E-state index contributed by atoms with van der Waals surface area (Å²) >= 11 is 0. The number of carbonyl (C=O) groups excluding carboxylic acids is 1. The predicted octanol–water partition coefficient (Wildman–Crippen LogP) is 1.26. The number of rotatable bonds is 4. The molecule has 0 amide bonds. The van der Waals surface area contributed by atoms with Crippen LogP contribution in [0, 0.1) is 0 Å². The fourth-order valence-electron chi connectivity index (χ4n) is 1.89. The molecule has 2 rings (SSSR count). The zero-order chi connectivity index (χ0) is 14.0. The van der Waals surface area contributed by atoms with Crippen molar-refractivity contribution in [3.8, 4) is 5.75 Å². The van der Waals surface area contributed by atoms with Crippen LogP contribution in [0.3, 0.4) is 0 Å². The first kappa shape index (κ1) is 13.3. The number of hydrogen-bond acceptors (Lipinski definition) is 5. The maximum absolute atomic E-state index is 11.5. The van der Waals surface area contributed by atoms with E-state index >= 15 is 0 Å². The number of Topliss-reactive ketones (excluding diaryl/α,β-unsaturated/α-hetero) is 1. The third-order valence-corrected chi connectivity index (χ3v) is 3.00. The minimum Gasteiger partial charge on any atom is -0.497 e. The summed E-state index contributed by atoms with van der Waals surface area (Å²) in [6, 6.07) is 5.95. The number of benzene rings is 1. The van der Waals surface area contributed by atoms with Gasteiger partial charge in [0.15, 0.2) is 0 Å². The average Bonchev–Trinajstić information content (AvgIpc) is 2.37. The number of methoxy groups -OCH3 is 1. The van der Waals surface area contributed by atoms with E-state index in [1.807, 2.05) is 0 Å². The van der Waals surface area contributed by atoms with Crippen molar-refractivity contribution in [3.05, 3.63) is 40.2 Å². The minimum atomic E-state index is -0.618. The second-order valence-electron chi connectivity index (χ2n) is 4.37. The van der Waals surface area contributed by atoms with Gasteiger partial charge in [0.25, 0.3) is 0 Å². The Morgan fingerprint density at radius 2 is 2.16 bits per heavy atom. The van der Waals surface area contributed by atoms with Gasteiger partial charge in [0.1, 0.15) is 17.1 Å². The van der Waals surface area contributed by atoms with E-state index in [2.05, 4.69) is 0 Å². The van der Waals surface area contributed by atoms with Crippen LogP contribution in [0.1, 0.15) is 12.5 Å². The third kappa shape index (κ3) is 2.82. The van der Waals surface area contributed by atoms with Gasteiger partial charge >= 0.3 is 5.63 Å². The Labute approximate surface area is 110 Å². The van der Waals surface area contributed by atoms with Gasteiger partial charge in [-0.15, -0.1) is 0 Å². The summed E-state index contributed by atoms with van der Waals surface area (Å²) in [6.45, 7) is 1.43. The van der Waals surface area contributed by atoms with E-state index in [0.717, 1.165) is 5.39 Å². The number of hydrogen-bond donors (Lipinski definition) is 1. The van der Waals surface area contributed by atoms with E-state index in [1.54, 1.807) is 18.2 Å². The van der Waals surface area contributed by atoms with Gasteiger partial charge < -0.3 is 14.9 Å². The largest absolute Gasteiger partial charge is 0.497 e. The van der Waals surface area contributed by atoms with Gasteiger partial charge in [0.2, 0.25) is 0 Å². The van der Waals surface area contributed by atoms with Gasteiger partial charge in [0.05, 0.1) is 13.2 Å². The molecule has 0 fully saturated rings. The number of nitrogens with two attached hydrogens (primary N) is 1. The Hall–Kier alpha value is -2.14. The van der Waals surface area contributed by atoms with Crippen LogP contribution in [0.15, 0.2) is 33.5 Å². The number of fused-ring (bicyclic) bond motifs is 1. The molecule has 0 aliphatic carbocycles. The Bertz CT molecular complexity index is 675. The zero-order valence-corrected chi connectivity index (χ0v) is 10.8. The molecule has 2 N–H and O–H groups in total. The van der Waals surface area contributed by atoms with E-state index in [9.17, 15) is 9.59 Å².